The summed E-state index contributed by atoms with van der Waals surface area (Å²) >= 11 is 3.96. The third-order valence-electron chi connectivity index (χ3n) is 12.1. The second-order valence-electron chi connectivity index (χ2n) is 18.1. The molecule has 0 radical (unpaired) electrons. The van der Waals surface area contributed by atoms with E-state index in [4.69, 9.17) is 9.47 Å². The van der Waals surface area contributed by atoms with Gasteiger partial charge in [0, 0.05) is 37.0 Å². The van der Waals surface area contributed by atoms with Crippen molar-refractivity contribution in [1.82, 2.24) is 4.90 Å². The zero-order valence-corrected chi connectivity index (χ0v) is 42.4. The lowest BCUT2D eigenvalue weighted by Gasteiger charge is -2.29. The van der Waals surface area contributed by atoms with Crippen LogP contribution in [-0.4, -0.2) is 83.4 Å². The fraction of sp³-hybridized carbons (Fsp3) is 0.962. The lowest BCUT2D eigenvalue weighted by atomic mass is 9.99. The summed E-state index contributed by atoms with van der Waals surface area (Å²) in [6, 6.07) is 0.496. The van der Waals surface area contributed by atoms with Crippen LogP contribution in [0.25, 0.3) is 0 Å². The lowest BCUT2D eigenvalue weighted by Crippen LogP contribution is -2.33. The fourth-order valence-corrected chi connectivity index (χ4v) is 10.2. The van der Waals surface area contributed by atoms with Gasteiger partial charge in [-0.05, 0) is 102 Å². The minimum absolute atomic E-state index is 0.00533. The van der Waals surface area contributed by atoms with Gasteiger partial charge in [-0.15, -0.1) is 0 Å². The zero-order valence-electron chi connectivity index (χ0n) is 40.8. The van der Waals surface area contributed by atoms with Crippen LogP contribution in [0.15, 0.2) is 0 Å². The standard InChI is InChI=1S/C52H103NO5S2/c1-6-10-14-18-20-22-26-40-51(55)57-49(46-59-44-34-24-16-12-8-3)38-30-28-36-48(53(5)42-32-33-43-54)37-29-31-39-50(47-60-45-35-25-17-13-9-4)58-52(56)41-27-23-21-19-15-11-7-2/h48-50,54H,6-47H2,1-5H3. The second kappa shape index (κ2) is 48.0. The number of thioether (sulfide) groups is 2. The lowest BCUT2D eigenvalue weighted by molar-refractivity contribution is -0.149. The number of carbonyl (C=O) groups is 2. The Kier molecular flexibility index (Phi) is 47.7. The Morgan fingerprint density at radius 2 is 0.800 bits per heavy atom. The molecule has 0 saturated carbocycles. The Balaban J connectivity index is 5.14. The fourth-order valence-electron chi connectivity index (χ4n) is 8.08. The van der Waals surface area contributed by atoms with Crippen LogP contribution in [0.1, 0.15) is 259 Å². The van der Waals surface area contributed by atoms with Crippen LogP contribution in [0, 0.1) is 0 Å². The number of aliphatic hydroxyl groups excluding tert-OH is 1. The van der Waals surface area contributed by atoms with Gasteiger partial charge in [-0.1, -0.05) is 169 Å². The molecule has 0 bridgehead atoms. The molecule has 2 atom stereocenters. The van der Waals surface area contributed by atoms with E-state index in [1.165, 1.54) is 128 Å². The van der Waals surface area contributed by atoms with E-state index >= 15 is 0 Å². The van der Waals surface area contributed by atoms with Crippen molar-refractivity contribution in [1.29, 1.82) is 0 Å². The minimum atomic E-state index is 0.00533. The molecule has 6 nitrogen and oxygen atoms in total. The van der Waals surface area contributed by atoms with E-state index in [0.29, 0.717) is 18.9 Å². The smallest absolute Gasteiger partial charge is 0.306 e. The van der Waals surface area contributed by atoms with Crippen molar-refractivity contribution in [3.8, 4) is 0 Å². The van der Waals surface area contributed by atoms with Crippen LogP contribution in [0.4, 0.5) is 0 Å². The SMILES string of the molecule is CCCCCCCCCC(=O)OC(CCCCC(CCCCC(CSCCCCCCC)OC(=O)CCCCCCCCC)N(C)CCCCO)CSCCCCCCC. The summed E-state index contributed by atoms with van der Waals surface area (Å²) in [5.74, 6) is 4.17. The van der Waals surface area contributed by atoms with Gasteiger partial charge in [-0.3, -0.25) is 9.59 Å². The van der Waals surface area contributed by atoms with Gasteiger partial charge in [-0.2, -0.15) is 23.5 Å². The maximum Gasteiger partial charge on any atom is 0.306 e. The first-order chi connectivity index (χ1) is 29.4. The average molecular weight is 887 g/mol. The highest BCUT2D eigenvalue weighted by Crippen LogP contribution is 2.23. The van der Waals surface area contributed by atoms with E-state index in [9.17, 15) is 14.7 Å². The van der Waals surface area contributed by atoms with Crippen molar-refractivity contribution in [3.63, 3.8) is 0 Å². The predicted molar refractivity (Wildman–Crippen MR) is 267 cm³/mol. The summed E-state index contributed by atoms with van der Waals surface area (Å²) in [7, 11) is 2.26. The van der Waals surface area contributed by atoms with Crippen LogP contribution in [-0.2, 0) is 19.1 Å². The Hall–Kier alpha value is -0.440. The Morgan fingerprint density at radius 1 is 0.450 bits per heavy atom. The number of aliphatic hydroxyl groups is 1. The number of esters is 2. The number of unbranched alkanes of at least 4 members (excludes halogenated alkanes) is 23. The number of ether oxygens (including phenoxy) is 2. The third kappa shape index (κ3) is 41.6. The van der Waals surface area contributed by atoms with Crippen molar-refractivity contribution in [2.45, 2.75) is 277 Å². The average Bonchev–Trinajstić information content (AvgIpc) is 3.24. The molecule has 0 aromatic heterocycles. The molecule has 2 unspecified atom stereocenters. The van der Waals surface area contributed by atoms with Crippen LogP contribution in [0.5, 0.6) is 0 Å². The molecule has 0 fully saturated rings. The highest BCUT2D eigenvalue weighted by atomic mass is 32.2. The minimum Gasteiger partial charge on any atom is -0.461 e. The first kappa shape index (κ1) is 59.6. The Labute approximate surface area is 383 Å². The number of carbonyl (C=O) groups excluding carboxylic acids is 2. The highest BCUT2D eigenvalue weighted by molar-refractivity contribution is 7.99. The third-order valence-corrected chi connectivity index (χ3v) is 14.5. The molecule has 0 aliphatic carbocycles. The maximum atomic E-state index is 12.9. The molecule has 358 valence electrons. The monoisotopic (exact) mass is 886 g/mol. The molecule has 8 heteroatoms. The summed E-state index contributed by atoms with van der Waals surface area (Å²) in [5.41, 5.74) is 0. The van der Waals surface area contributed by atoms with Crippen molar-refractivity contribution in [2.24, 2.45) is 0 Å². The van der Waals surface area contributed by atoms with Crippen LogP contribution >= 0.6 is 23.5 Å². The van der Waals surface area contributed by atoms with Crippen molar-refractivity contribution >= 4 is 35.5 Å². The summed E-state index contributed by atoms with van der Waals surface area (Å²) in [5, 5.41) is 9.45. The van der Waals surface area contributed by atoms with Gasteiger partial charge in [0.05, 0.1) is 0 Å². The van der Waals surface area contributed by atoms with Crippen molar-refractivity contribution in [2.75, 3.05) is 43.2 Å². The van der Waals surface area contributed by atoms with Gasteiger partial charge >= 0.3 is 11.9 Å². The molecule has 1 N–H and O–H groups in total. The molecule has 0 aromatic rings. The van der Waals surface area contributed by atoms with E-state index < -0.39 is 0 Å². The van der Waals surface area contributed by atoms with Gasteiger partial charge in [0.15, 0.2) is 0 Å². The van der Waals surface area contributed by atoms with E-state index in [2.05, 4.69) is 39.6 Å². The van der Waals surface area contributed by atoms with Gasteiger partial charge in [0.1, 0.15) is 12.2 Å². The first-order valence-corrected chi connectivity index (χ1v) is 28.6. The van der Waals surface area contributed by atoms with E-state index in [-0.39, 0.29) is 30.8 Å². The molecule has 0 aromatic carbocycles. The molecular formula is C52H103NO5S2. The van der Waals surface area contributed by atoms with Crippen molar-refractivity contribution in [3.05, 3.63) is 0 Å². The first-order valence-electron chi connectivity index (χ1n) is 26.3. The van der Waals surface area contributed by atoms with Crippen LogP contribution in [0.3, 0.4) is 0 Å². The largest absolute Gasteiger partial charge is 0.461 e. The second-order valence-corrected chi connectivity index (χ2v) is 20.4. The molecule has 0 spiro atoms. The van der Waals surface area contributed by atoms with Gasteiger partial charge in [0.25, 0.3) is 0 Å². The molecule has 0 aliphatic rings. The van der Waals surface area contributed by atoms with E-state index in [0.717, 1.165) is 119 Å². The maximum absolute atomic E-state index is 12.9. The number of hydrogen-bond donors (Lipinski definition) is 1. The van der Waals surface area contributed by atoms with Gasteiger partial charge < -0.3 is 19.5 Å². The number of nitrogens with zero attached hydrogens (tertiary/aromatic N) is 1. The van der Waals surface area contributed by atoms with Crippen LogP contribution in [0.2, 0.25) is 0 Å². The molecule has 0 rings (SSSR count). The quantitative estimate of drug-likeness (QED) is 0.0478. The summed E-state index contributed by atoms with van der Waals surface area (Å²) in [4.78, 5) is 28.4. The predicted octanol–water partition coefficient (Wildman–Crippen LogP) is 15.7. The highest BCUT2D eigenvalue weighted by Gasteiger charge is 2.19. The molecule has 0 amide bonds. The molecule has 0 aliphatic heterocycles. The zero-order chi connectivity index (χ0) is 44.0. The van der Waals surface area contributed by atoms with Gasteiger partial charge in [-0.25, -0.2) is 0 Å². The summed E-state index contributed by atoms with van der Waals surface area (Å²) < 4.78 is 12.3. The Bertz CT molecular complexity index is 832. The summed E-state index contributed by atoms with van der Waals surface area (Å²) in [6.07, 6.45) is 41.6. The number of rotatable bonds is 49. The molecule has 60 heavy (non-hydrogen) atoms. The number of hydrogen-bond acceptors (Lipinski definition) is 8. The normalized spacial score (nSPS) is 13.2. The molecule has 0 saturated heterocycles. The van der Waals surface area contributed by atoms with E-state index in [1.54, 1.807) is 0 Å². The summed E-state index contributed by atoms with van der Waals surface area (Å²) in [6.45, 7) is 10.3. The molecule has 0 heterocycles. The van der Waals surface area contributed by atoms with E-state index in [1.807, 2.05) is 23.5 Å². The Morgan fingerprint density at radius 3 is 1.18 bits per heavy atom. The topological polar surface area (TPSA) is 76.1 Å². The van der Waals surface area contributed by atoms with Crippen molar-refractivity contribution < 1.29 is 24.2 Å². The van der Waals surface area contributed by atoms with Crippen LogP contribution < -0.4 is 0 Å². The van der Waals surface area contributed by atoms with Gasteiger partial charge in [0.2, 0.25) is 0 Å². The molecular weight excluding hydrogens is 783 g/mol.